The molecule has 1 aliphatic rings. The van der Waals surface area contributed by atoms with Crippen LogP contribution in [0.2, 0.25) is 0 Å². The van der Waals surface area contributed by atoms with Crippen LogP contribution in [0.4, 0.5) is 11.4 Å². The molecule has 0 aliphatic carbocycles. The summed E-state index contributed by atoms with van der Waals surface area (Å²) in [5, 5.41) is 0. The summed E-state index contributed by atoms with van der Waals surface area (Å²) in [7, 11) is 0. The molecule has 1 aromatic carbocycles. The first-order chi connectivity index (χ1) is 6.27. The standard InChI is InChI=1S/C10H13BrN2/c11-9-7-8(3-4-10(9)12)13-5-1-2-6-13/h3-4,7H,1-2,5-6,12H2. The van der Waals surface area contributed by atoms with Gasteiger partial charge in [0.05, 0.1) is 0 Å². The van der Waals surface area contributed by atoms with E-state index in [1.807, 2.05) is 6.07 Å². The summed E-state index contributed by atoms with van der Waals surface area (Å²) in [5.74, 6) is 0. The molecule has 1 saturated heterocycles. The van der Waals surface area contributed by atoms with Gasteiger partial charge in [0.1, 0.15) is 0 Å². The van der Waals surface area contributed by atoms with Crippen molar-refractivity contribution >= 4 is 27.3 Å². The van der Waals surface area contributed by atoms with Gasteiger partial charge in [-0.2, -0.15) is 0 Å². The maximum Gasteiger partial charge on any atom is 0.0460 e. The van der Waals surface area contributed by atoms with Gasteiger partial charge in [0.15, 0.2) is 0 Å². The second-order valence-corrected chi connectivity index (χ2v) is 4.25. The lowest BCUT2D eigenvalue weighted by Gasteiger charge is -2.18. The number of nitrogens with two attached hydrogens (primary N) is 1. The van der Waals surface area contributed by atoms with Crippen LogP contribution in [0.1, 0.15) is 12.8 Å². The predicted molar refractivity (Wildman–Crippen MR) is 60.0 cm³/mol. The number of nitrogens with zero attached hydrogens (tertiary/aromatic N) is 1. The Balaban J connectivity index is 2.25. The Bertz CT molecular complexity index is 306. The van der Waals surface area contributed by atoms with Crippen LogP contribution in [-0.2, 0) is 0 Å². The third kappa shape index (κ3) is 1.80. The van der Waals surface area contributed by atoms with Gasteiger partial charge >= 0.3 is 0 Å². The monoisotopic (exact) mass is 240 g/mol. The highest BCUT2D eigenvalue weighted by atomic mass is 79.9. The fourth-order valence-electron chi connectivity index (χ4n) is 1.69. The van der Waals surface area contributed by atoms with Crippen LogP contribution < -0.4 is 10.6 Å². The molecule has 0 bridgehead atoms. The van der Waals surface area contributed by atoms with E-state index in [0.717, 1.165) is 10.2 Å². The summed E-state index contributed by atoms with van der Waals surface area (Å²) in [6.45, 7) is 2.35. The number of benzene rings is 1. The molecule has 0 atom stereocenters. The van der Waals surface area contributed by atoms with Crippen molar-refractivity contribution in [1.82, 2.24) is 0 Å². The highest BCUT2D eigenvalue weighted by Crippen LogP contribution is 2.27. The first-order valence-corrected chi connectivity index (χ1v) is 5.36. The third-order valence-electron chi connectivity index (χ3n) is 2.46. The van der Waals surface area contributed by atoms with Crippen LogP contribution in [0.15, 0.2) is 22.7 Å². The van der Waals surface area contributed by atoms with Crippen molar-refractivity contribution in [3.63, 3.8) is 0 Å². The maximum atomic E-state index is 5.72. The number of anilines is 2. The van der Waals surface area contributed by atoms with Crippen molar-refractivity contribution in [3.8, 4) is 0 Å². The average Bonchev–Trinajstić information content (AvgIpc) is 2.62. The first kappa shape index (κ1) is 8.88. The largest absolute Gasteiger partial charge is 0.398 e. The van der Waals surface area contributed by atoms with Gasteiger partial charge < -0.3 is 10.6 Å². The van der Waals surface area contributed by atoms with Crippen LogP contribution in [-0.4, -0.2) is 13.1 Å². The number of halogens is 1. The molecule has 0 saturated carbocycles. The Kier molecular flexibility index (Phi) is 2.44. The lowest BCUT2D eigenvalue weighted by Crippen LogP contribution is -2.17. The molecule has 1 aromatic rings. The smallest absolute Gasteiger partial charge is 0.0460 e. The van der Waals surface area contributed by atoms with Crippen molar-refractivity contribution in [2.45, 2.75) is 12.8 Å². The minimum Gasteiger partial charge on any atom is -0.398 e. The molecule has 3 heteroatoms. The first-order valence-electron chi connectivity index (χ1n) is 4.57. The zero-order valence-corrected chi connectivity index (χ0v) is 9.05. The Morgan fingerprint density at radius 3 is 2.54 bits per heavy atom. The molecular weight excluding hydrogens is 228 g/mol. The molecule has 2 rings (SSSR count). The average molecular weight is 241 g/mol. The van der Waals surface area contributed by atoms with Crippen LogP contribution in [0, 0.1) is 0 Å². The van der Waals surface area contributed by atoms with E-state index in [1.54, 1.807) is 0 Å². The third-order valence-corrected chi connectivity index (χ3v) is 3.14. The van der Waals surface area contributed by atoms with E-state index in [2.05, 4.69) is 33.0 Å². The molecule has 0 unspecified atom stereocenters. The molecule has 13 heavy (non-hydrogen) atoms. The molecule has 0 spiro atoms. The molecule has 2 N–H and O–H groups in total. The van der Waals surface area contributed by atoms with Gasteiger partial charge in [-0.05, 0) is 47.0 Å². The van der Waals surface area contributed by atoms with Crippen molar-refractivity contribution in [2.24, 2.45) is 0 Å². The summed E-state index contributed by atoms with van der Waals surface area (Å²) in [5.41, 5.74) is 7.81. The van der Waals surface area contributed by atoms with Gasteiger partial charge in [-0.25, -0.2) is 0 Å². The molecule has 2 nitrogen and oxygen atoms in total. The van der Waals surface area contributed by atoms with Crippen molar-refractivity contribution in [2.75, 3.05) is 23.7 Å². The summed E-state index contributed by atoms with van der Waals surface area (Å²) in [6, 6.07) is 6.14. The molecule has 1 fully saturated rings. The minimum atomic E-state index is 0.808. The number of nitrogen functional groups attached to an aromatic ring is 1. The number of hydrogen-bond donors (Lipinski definition) is 1. The second kappa shape index (κ2) is 3.58. The van der Waals surface area contributed by atoms with E-state index in [1.165, 1.54) is 31.6 Å². The molecule has 1 heterocycles. The quantitative estimate of drug-likeness (QED) is 0.766. The normalized spacial score (nSPS) is 16.5. The van der Waals surface area contributed by atoms with Crippen molar-refractivity contribution in [1.29, 1.82) is 0 Å². The van der Waals surface area contributed by atoms with Crippen molar-refractivity contribution < 1.29 is 0 Å². The van der Waals surface area contributed by atoms with E-state index in [4.69, 9.17) is 5.73 Å². The van der Waals surface area contributed by atoms with E-state index >= 15 is 0 Å². The Labute approximate surface area is 86.9 Å². The van der Waals surface area contributed by atoms with Gasteiger partial charge in [-0.3, -0.25) is 0 Å². The second-order valence-electron chi connectivity index (χ2n) is 3.40. The van der Waals surface area contributed by atoms with Crippen LogP contribution >= 0.6 is 15.9 Å². The van der Waals surface area contributed by atoms with Gasteiger partial charge in [0.25, 0.3) is 0 Å². The van der Waals surface area contributed by atoms with Crippen LogP contribution in [0.5, 0.6) is 0 Å². The van der Waals surface area contributed by atoms with E-state index < -0.39 is 0 Å². The topological polar surface area (TPSA) is 29.3 Å². The summed E-state index contributed by atoms with van der Waals surface area (Å²) in [4.78, 5) is 2.39. The predicted octanol–water partition coefficient (Wildman–Crippen LogP) is 2.63. The number of hydrogen-bond acceptors (Lipinski definition) is 2. The van der Waals surface area contributed by atoms with Gasteiger partial charge in [-0.15, -0.1) is 0 Å². The molecule has 0 aromatic heterocycles. The fourth-order valence-corrected chi connectivity index (χ4v) is 2.05. The van der Waals surface area contributed by atoms with Gasteiger partial charge in [0.2, 0.25) is 0 Å². The zero-order chi connectivity index (χ0) is 9.26. The minimum absolute atomic E-state index is 0.808. The maximum absolute atomic E-state index is 5.72. The Morgan fingerprint density at radius 1 is 1.23 bits per heavy atom. The fraction of sp³-hybridized carbons (Fsp3) is 0.400. The van der Waals surface area contributed by atoms with E-state index in [9.17, 15) is 0 Å². The number of rotatable bonds is 1. The molecule has 70 valence electrons. The molecule has 0 amide bonds. The molecule has 0 radical (unpaired) electrons. The lowest BCUT2D eigenvalue weighted by atomic mass is 10.2. The van der Waals surface area contributed by atoms with E-state index in [-0.39, 0.29) is 0 Å². The van der Waals surface area contributed by atoms with Crippen molar-refractivity contribution in [3.05, 3.63) is 22.7 Å². The highest BCUT2D eigenvalue weighted by Gasteiger charge is 2.12. The highest BCUT2D eigenvalue weighted by molar-refractivity contribution is 9.10. The Morgan fingerprint density at radius 2 is 1.92 bits per heavy atom. The summed E-state index contributed by atoms with van der Waals surface area (Å²) in [6.07, 6.45) is 2.62. The summed E-state index contributed by atoms with van der Waals surface area (Å²) < 4.78 is 0.997. The van der Waals surface area contributed by atoms with Crippen LogP contribution in [0.3, 0.4) is 0 Å². The molecular formula is C10H13BrN2. The van der Waals surface area contributed by atoms with E-state index in [0.29, 0.717) is 0 Å². The van der Waals surface area contributed by atoms with Gasteiger partial charge in [0, 0.05) is 28.9 Å². The SMILES string of the molecule is Nc1ccc(N2CCCC2)cc1Br. The Hall–Kier alpha value is -0.700. The van der Waals surface area contributed by atoms with Gasteiger partial charge in [-0.1, -0.05) is 0 Å². The summed E-state index contributed by atoms with van der Waals surface area (Å²) >= 11 is 3.44. The lowest BCUT2D eigenvalue weighted by molar-refractivity contribution is 0.949. The molecule has 1 aliphatic heterocycles. The zero-order valence-electron chi connectivity index (χ0n) is 7.46. The van der Waals surface area contributed by atoms with Crippen LogP contribution in [0.25, 0.3) is 0 Å².